The minimum atomic E-state index is -0.422. The molecule has 0 spiro atoms. The van der Waals surface area contributed by atoms with E-state index in [9.17, 15) is 9.59 Å². The van der Waals surface area contributed by atoms with E-state index in [-0.39, 0.29) is 33.9 Å². The summed E-state index contributed by atoms with van der Waals surface area (Å²) in [6.45, 7) is 0. The van der Waals surface area contributed by atoms with Crippen molar-refractivity contribution < 1.29 is 9.59 Å². The second-order valence-corrected chi connectivity index (χ2v) is 6.48. The summed E-state index contributed by atoms with van der Waals surface area (Å²) in [5.74, 6) is -0.623. The molecule has 0 radical (unpaired) electrons. The maximum Gasteiger partial charge on any atom is 0.256 e. The second kappa shape index (κ2) is 6.92. The number of nitrogens with zero attached hydrogens (tertiary/aromatic N) is 2. The predicted molar refractivity (Wildman–Crippen MR) is 99.3 cm³/mol. The highest BCUT2D eigenvalue weighted by atomic mass is 35.5. The Balaban J connectivity index is 1.85. The Morgan fingerprint density at radius 1 is 1.16 bits per heavy atom. The van der Waals surface area contributed by atoms with Crippen molar-refractivity contribution in [1.29, 1.82) is 0 Å². The van der Waals surface area contributed by atoms with Crippen LogP contribution in [0.2, 0.25) is 15.1 Å². The van der Waals surface area contributed by atoms with E-state index in [1.165, 1.54) is 18.2 Å². The molecule has 3 rings (SSSR count). The van der Waals surface area contributed by atoms with E-state index in [4.69, 9.17) is 40.5 Å². The molecule has 0 atom stereocenters. The Morgan fingerprint density at radius 3 is 2.48 bits per heavy atom. The zero-order valence-corrected chi connectivity index (χ0v) is 14.9. The summed E-state index contributed by atoms with van der Waals surface area (Å²) in [5, 5.41) is 8.43. The smallest absolute Gasteiger partial charge is 0.256 e. The second-order valence-electron chi connectivity index (χ2n) is 5.23. The molecule has 2 amide bonds. The highest BCUT2D eigenvalue weighted by Crippen LogP contribution is 2.38. The molecular weight excluding hydrogens is 387 g/mol. The Kier molecular flexibility index (Phi) is 4.85. The highest BCUT2D eigenvalue weighted by molar-refractivity contribution is 6.42. The predicted octanol–water partition coefficient (Wildman–Crippen LogP) is 3.71. The number of amides is 2. The van der Waals surface area contributed by atoms with Crippen molar-refractivity contribution >= 4 is 63.8 Å². The molecule has 1 aliphatic heterocycles. The van der Waals surface area contributed by atoms with Gasteiger partial charge in [-0.25, -0.2) is 0 Å². The van der Waals surface area contributed by atoms with E-state index in [2.05, 4.69) is 10.4 Å². The summed E-state index contributed by atoms with van der Waals surface area (Å²) < 4.78 is 0. The van der Waals surface area contributed by atoms with Crippen molar-refractivity contribution in [3.8, 4) is 0 Å². The van der Waals surface area contributed by atoms with Gasteiger partial charge in [-0.15, -0.1) is 0 Å². The largest absolute Gasteiger partial charge is 0.399 e. The van der Waals surface area contributed by atoms with Crippen LogP contribution in [0.1, 0.15) is 16.8 Å². The number of nitrogen functional groups attached to an aromatic ring is 1. The van der Waals surface area contributed by atoms with Gasteiger partial charge in [-0.1, -0.05) is 40.9 Å². The van der Waals surface area contributed by atoms with Gasteiger partial charge in [0.15, 0.2) is 0 Å². The first kappa shape index (κ1) is 17.5. The van der Waals surface area contributed by atoms with Crippen LogP contribution in [0.4, 0.5) is 11.4 Å². The van der Waals surface area contributed by atoms with E-state index in [0.717, 1.165) is 5.01 Å². The minimum Gasteiger partial charge on any atom is -0.399 e. The summed E-state index contributed by atoms with van der Waals surface area (Å²) in [4.78, 5) is 24.5. The monoisotopic (exact) mass is 396 g/mol. The van der Waals surface area contributed by atoms with Crippen molar-refractivity contribution in [2.45, 2.75) is 6.42 Å². The van der Waals surface area contributed by atoms with Crippen LogP contribution in [0.5, 0.6) is 0 Å². The Labute approximate surface area is 158 Å². The third kappa shape index (κ3) is 3.71. The fourth-order valence-electron chi connectivity index (χ4n) is 2.29. The molecule has 0 aliphatic carbocycles. The summed E-state index contributed by atoms with van der Waals surface area (Å²) in [5.41, 5.74) is 6.69. The Hall–Kier alpha value is -2.28. The van der Waals surface area contributed by atoms with Gasteiger partial charge in [0.05, 0.1) is 16.5 Å². The summed E-state index contributed by atoms with van der Waals surface area (Å²) in [7, 11) is 0. The standard InChI is InChI=1S/C16H11Cl3N4O2/c17-9-5-11(18)15(12(19)6-9)23-14(24)7-13(22-23)21-16(25)8-2-1-3-10(20)4-8/h1-6H,7,20H2,(H,21,22,25). The molecule has 2 aromatic carbocycles. The zero-order chi connectivity index (χ0) is 18.1. The van der Waals surface area contributed by atoms with Crippen molar-refractivity contribution in [2.75, 3.05) is 10.7 Å². The fourth-order valence-corrected chi connectivity index (χ4v) is 3.27. The van der Waals surface area contributed by atoms with Gasteiger partial charge in [-0.05, 0) is 30.3 Å². The molecule has 0 saturated heterocycles. The van der Waals surface area contributed by atoms with Crippen LogP contribution in [0.15, 0.2) is 41.5 Å². The van der Waals surface area contributed by atoms with Crippen LogP contribution in [0.25, 0.3) is 0 Å². The lowest BCUT2D eigenvalue weighted by molar-refractivity contribution is -0.116. The molecule has 0 fully saturated rings. The lowest BCUT2D eigenvalue weighted by Gasteiger charge is -2.15. The number of anilines is 2. The van der Waals surface area contributed by atoms with Crippen LogP contribution in [-0.2, 0) is 4.79 Å². The van der Waals surface area contributed by atoms with Crippen LogP contribution in [0, 0.1) is 0 Å². The van der Waals surface area contributed by atoms with Gasteiger partial charge in [-0.3, -0.25) is 9.59 Å². The van der Waals surface area contributed by atoms with Gasteiger partial charge in [0.25, 0.3) is 11.8 Å². The number of nitrogens with one attached hydrogen (secondary N) is 1. The number of hydrazone groups is 1. The fraction of sp³-hybridized carbons (Fsp3) is 0.0625. The average Bonchev–Trinajstić information content (AvgIpc) is 2.86. The molecule has 2 aromatic rings. The summed E-state index contributed by atoms with van der Waals surface area (Å²) >= 11 is 18.1. The zero-order valence-electron chi connectivity index (χ0n) is 12.6. The molecule has 0 saturated carbocycles. The first-order valence-electron chi connectivity index (χ1n) is 7.07. The van der Waals surface area contributed by atoms with E-state index in [0.29, 0.717) is 16.3 Å². The number of rotatable bonds is 2. The molecule has 1 aliphatic rings. The van der Waals surface area contributed by atoms with E-state index in [1.54, 1.807) is 18.2 Å². The first-order valence-corrected chi connectivity index (χ1v) is 8.20. The number of hydrogen-bond acceptors (Lipinski definition) is 4. The third-order valence-corrected chi connectivity index (χ3v) is 4.17. The van der Waals surface area contributed by atoms with Gasteiger partial charge < -0.3 is 11.1 Å². The van der Waals surface area contributed by atoms with Gasteiger partial charge in [0, 0.05) is 16.3 Å². The number of benzene rings is 2. The SMILES string of the molecule is Nc1cccc(C(=O)NC2=NN(c3c(Cl)cc(Cl)cc3Cl)C(=O)C2)c1. The van der Waals surface area contributed by atoms with Crippen LogP contribution in [0.3, 0.4) is 0 Å². The van der Waals surface area contributed by atoms with Crippen molar-refractivity contribution in [3.05, 3.63) is 57.0 Å². The van der Waals surface area contributed by atoms with Crippen LogP contribution >= 0.6 is 34.8 Å². The van der Waals surface area contributed by atoms with E-state index >= 15 is 0 Å². The molecular formula is C16H11Cl3N4O2. The quantitative estimate of drug-likeness (QED) is 0.757. The minimum absolute atomic E-state index is 0.0939. The van der Waals surface area contributed by atoms with Crippen LogP contribution in [-0.4, -0.2) is 17.6 Å². The maximum absolute atomic E-state index is 12.2. The molecule has 0 bridgehead atoms. The molecule has 0 unspecified atom stereocenters. The van der Waals surface area contributed by atoms with E-state index < -0.39 is 5.91 Å². The van der Waals surface area contributed by atoms with Crippen molar-refractivity contribution in [2.24, 2.45) is 5.10 Å². The molecule has 25 heavy (non-hydrogen) atoms. The normalized spacial score (nSPS) is 13.8. The Bertz CT molecular complexity index is 891. The van der Waals surface area contributed by atoms with Gasteiger partial charge in [-0.2, -0.15) is 10.1 Å². The molecule has 0 aromatic heterocycles. The molecule has 6 nitrogen and oxygen atoms in total. The number of carbonyl (C=O) groups excluding carboxylic acids is 2. The molecule has 128 valence electrons. The van der Waals surface area contributed by atoms with Gasteiger partial charge in [0.2, 0.25) is 0 Å². The van der Waals surface area contributed by atoms with E-state index in [1.807, 2.05) is 0 Å². The molecule has 3 N–H and O–H groups in total. The summed E-state index contributed by atoms with van der Waals surface area (Å²) in [6, 6.07) is 9.36. The lowest BCUT2D eigenvalue weighted by Crippen LogP contribution is -2.29. The number of hydrogen-bond donors (Lipinski definition) is 2. The van der Waals surface area contributed by atoms with Gasteiger partial charge >= 0.3 is 0 Å². The van der Waals surface area contributed by atoms with Crippen LogP contribution < -0.4 is 16.1 Å². The highest BCUT2D eigenvalue weighted by Gasteiger charge is 2.29. The number of nitrogens with two attached hydrogens (primary N) is 1. The lowest BCUT2D eigenvalue weighted by atomic mass is 10.2. The molecule has 1 heterocycles. The van der Waals surface area contributed by atoms with Gasteiger partial charge in [0.1, 0.15) is 11.5 Å². The molecule has 9 heteroatoms. The number of carbonyl (C=O) groups is 2. The first-order chi connectivity index (χ1) is 11.8. The maximum atomic E-state index is 12.2. The number of amidine groups is 1. The van der Waals surface area contributed by atoms with Crippen molar-refractivity contribution in [1.82, 2.24) is 5.32 Å². The topological polar surface area (TPSA) is 87.8 Å². The third-order valence-electron chi connectivity index (χ3n) is 3.38. The Morgan fingerprint density at radius 2 is 1.84 bits per heavy atom. The summed E-state index contributed by atoms with van der Waals surface area (Å²) in [6.07, 6.45) is -0.0939. The average molecular weight is 398 g/mol. The van der Waals surface area contributed by atoms with Crippen molar-refractivity contribution in [3.63, 3.8) is 0 Å². The number of halogens is 3.